The Hall–Kier alpha value is -10.6. The lowest BCUT2D eigenvalue weighted by molar-refractivity contribution is -0.137. The number of aliphatic hydroxyl groups excluding tert-OH is 2. The minimum Gasteiger partial charge on any atom is -0.508 e. The van der Waals surface area contributed by atoms with Gasteiger partial charge in [-0.3, -0.25) is 33.6 Å². The van der Waals surface area contributed by atoms with Gasteiger partial charge in [-0.2, -0.15) is 0 Å². The number of carbonyl (C=O) groups excluding carboxylic acids is 7. The van der Waals surface area contributed by atoms with Gasteiger partial charge < -0.3 is 103 Å². The quantitative estimate of drug-likeness (QED) is 0.0456. The lowest BCUT2D eigenvalue weighted by Gasteiger charge is -2.31. The number of nitrogens with one attached hydrogen (secondary N) is 8. The van der Waals surface area contributed by atoms with Gasteiger partial charge in [-0.15, -0.1) is 0 Å². The molecule has 7 aromatic carbocycles. The minimum atomic E-state index is -2.26. The fourth-order valence-corrected chi connectivity index (χ4v) is 13.2. The number of benzene rings is 7. The summed E-state index contributed by atoms with van der Waals surface area (Å²) in [5.74, 6) is -14.8. The third-order valence-corrected chi connectivity index (χ3v) is 18.7. The normalized spacial score (nSPS) is 21.2. The van der Waals surface area contributed by atoms with Gasteiger partial charge in [0.05, 0.1) is 15.6 Å². The third-order valence-electron chi connectivity index (χ3n) is 18.1. The van der Waals surface area contributed by atoms with E-state index in [1.807, 2.05) is 0 Å². The van der Waals surface area contributed by atoms with Crippen LogP contribution in [0.25, 0.3) is 11.1 Å². The Morgan fingerprint density at radius 1 is 0.485 bits per heavy atom. The van der Waals surface area contributed by atoms with Crippen molar-refractivity contribution in [1.29, 1.82) is 0 Å². The molecule has 6 aliphatic heterocycles. The van der Waals surface area contributed by atoms with Crippen molar-refractivity contribution in [3.05, 3.63) is 164 Å². The SMILES string of the molecule is CCCCCCCCCCCCNCc1c(O)cc2c(c1O)-c1c(O)cccc1C1NC(=O)C3NC(=O)C4NC(=O)C(NC(=O)C(N)c5ccc(O)c(c5)Oc5cc(O)cc4c5)C(O)c4ccc(c(Cl)c4)Oc4cc3cc(c4O)Oc3ccc(cc3Cl)C(O)C(NC1=O)C(=O)NC2C(=O)NC. The van der Waals surface area contributed by atoms with E-state index in [-0.39, 0.29) is 84.1 Å². The molecule has 0 saturated carbocycles. The number of phenols is 6. The number of nitrogens with two attached hydrogens (primary N) is 1. The first-order valence-corrected chi connectivity index (χ1v) is 33.6. The van der Waals surface area contributed by atoms with E-state index in [0.29, 0.717) is 6.54 Å². The average molecular weight is 1430 g/mol. The highest BCUT2D eigenvalue weighted by Gasteiger charge is 2.43. The first-order valence-electron chi connectivity index (χ1n) is 32.9. The number of unbranched alkanes of at least 4 members (excludes halogenated alkanes) is 9. The number of carbonyl (C=O) groups is 7. The van der Waals surface area contributed by atoms with Gasteiger partial charge in [0.2, 0.25) is 47.1 Å². The van der Waals surface area contributed by atoms with Crippen molar-refractivity contribution in [2.45, 2.75) is 132 Å². The van der Waals surface area contributed by atoms with Crippen LogP contribution in [0.15, 0.2) is 109 Å². The lowest BCUT2D eigenvalue weighted by atomic mass is 9.85. The van der Waals surface area contributed by atoms with E-state index in [2.05, 4.69) is 49.5 Å². The molecule has 0 fully saturated rings. The van der Waals surface area contributed by atoms with Crippen molar-refractivity contribution in [1.82, 2.24) is 42.5 Å². The molecule has 6 heterocycles. The van der Waals surface area contributed by atoms with E-state index in [4.69, 9.17) is 43.1 Å². The van der Waals surface area contributed by atoms with Gasteiger partial charge in [-0.1, -0.05) is 118 Å². The molecule has 18 N–H and O–H groups in total. The summed E-state index contributed by atoms with van der Waals surface area (Å²) in [5.41, 5.74) is 3.71. The number of aromatic hydroxyl groups is 6. The van der Waals surface area contributed by atoms with Crippen LogP contribution in [0.1, 0.15) is 158 Å². The molecule has 9 atom stereocenters. The molecule has 9 unspecified atom stereocenters. The Balaban J connectivity index is 1.10. The number of aliphatic hydroxyl groups is 2. The molecule has 6 aliphatic rings. The number of likely N-dealkylation sites (N-methyl/N-ethyl adjacent to an activating group) is 1. The van der Waals surface area contributed by atoms with Crippen LogP contribution in [0.5, 0.6) is 69.0 Å². The summed E-state index contributed by atoms with van der Waals surface area (Å²) in [6, 6.07) is 6.57. The Labute approximate surface area is 588 Å². The average Bonchev–Trinajstić information content (AvgIpc) is 1.72. The molecule has 27 nitrogen and oxygen atoms in total. The van der Waals surface area contributed by atoms with Crippen LogP contribution in [-0.2, 0) is 40.1 Å². The maximum atomic E-state index is 16.2. The van der Waals surface area contributed by atoms with Crippen LogP contribution >= 0.6 is 23.2 Å². The molecule has 101 heavy (non-hydrogen) atoms. The molecule has 0 saturated heterocycles. The zero-order chi connectivity index (χ0) is 72.1. The summed E-state index contributed by atoms with van der Waals surface area (Å²) in [5, 5.41) is 117. The van der Waals surface area contributed by atoms with E-state index in [1.165, 1.54) is 74.8 Å². The molecule has 530 valence electrons. The minimum absolute atomic E-state index is 0.0395. The van der Waals surface area contributed by atoms with Crippen LogP contribution < -0.4 is 62.5 Å². The molecular formula is C72H75Cl2N9O18. The van der Waals surface area contributed by atoms with E-state index >= 15 is 24.0 Å². The van der Waals surface area contributed by atoms with Gasteiger partial charge in [0, 0.05) is 30.8 Å². The molecule has 0 aromatic heterocycles. The molecule has 0 aliphatic carbocycles. The van der Waals surface area contributed by atoms with Crippen LogP contribution in [0.4, 0.5) is 0 Å². The molecule has 29 heteroatoms. The van der Waals surface area contributed by atoms with Crippen molar-refractivity contribution in [3.8, 4) is 80.1 Å². The topological polar surface area (TPSA) is 431 Å². The predicted molar refractivity (Wildman–Crippen MR) is 366 cm³/mol. The smallest absolute Gasteiger partial charge is 0.248 e. The molecule has 7 amide bonds. The molecule has 13 rings (SSSR count). The molecule has 0 radical (unpaired) electrons. The molecular weight excluding hydrogens is 1350 g/mol. The van der Waals surface area contributed by atoms with Crippen molar-refractivity contribution < 1.29 is 88.6 Å². The first kappa shape index (κ1) is 71.7. The molecule has 7 aromatic rings. The number of hydrogen-bond donors (Lipinski definition) is 17. The van der Waals surface area contributed by atoms with Gasteiger partial charge in [-0.05, 0) is 125 Å². The Bertz CT molecular complexity index is 4410. The highest BCUT2D eigenvalue weighted by atomic mass is 35.5. The number of ether oxygens (including phenoxy) is 3. The number of fused-ring (bicyclic) bond motifs is 13. The van der Waals surface area contributed by atoms with Crippen LogP contribution in [-0.4, -0.2) is 108 Å². The van der Waals surface area contributed by atoms with Crippen molar-refractivity contribution in [3.63, 3.8) is 0 Å². The highest BCUT2D eigenvalue weighted by Crippen LogP contribution is 2.51. The highest BCUT2D eigenvalue weighted by molar-refractivity contribution is 6.32. The second-order valence-electron chi connectivity index (χ2n) is 25.0. The maximum Gasteiger partial charge on any atom is 0.248 e. The van der Waals surface area contributed by atoms with E-state index < -0.39 is 153 Å². The summed E-state index contributed by atoms with van der Waals surface area (Å²) in [6.45, 7) is 2.39. The Kier molecular flexibility index (Phi) is 22.0. The van der Waals surface area contributed by atoms with E-state index in [1.54, 1.807) is 0 Å². The molecule has 0 spiro atoms. The molecule has 15 bridgehead atoms. The number of hydrogen-bond acceptors (Lipinski definition) is 20. The van der Waals surface area contributed by atoms with Gasteiger partial charge in [-0.25, -0.2) is 0 Å². The second kappa shape index (κ2) is 30.9. The number of rotatable bonds is 14. The van der Waals surface area contributed by atoms with Crippen LogP contribution in [0.3, 0.4) is 0 Å². The fraction of sp³-hybridized carbons (Fsp3) is 0.319. The Morgan fingerprint density at radius 3 is 1.62 bits per heavy atom. The standard InChI is InChI=1S/C72H75Cl2N9O18/c1-3-4-5-6-7-8-9-10-11-12-22-77-32-42-47(87)31-41-54(64(42)90)53-40(14-13-15-46(53)86)58-70(96)83-61(72(98)81-59(41)67(93)76-2)63(89)35-18-21-49(44(74)26-35)101-52-29-37-28-51(65(52)91)100-48-20-17-34(25-43(48)73)62(88)60-71(97)79-56(68(94)78-57(37)69(95)80-58)36-23-38(84)30-39(24-36)99-50-27-33(16-19-45(50)85)55(75)66(92)82-60/h13-21,23-31,55-63,77,84-91H,3-12,22,32,75H2,1-2H3,(H,76,93)(H,78,94)(H,79,97)(H,80,95)(H,81,98)(H,82,92)(H,83,96). The van der Waals surface area contributed by atoms with Gasteiger partial charge in [0.15, 0.2) is 23.0 Å². The monoisotopic (exact) mass is 1420 g/mol. The summed E-state index contributed by atoms with van der Waals surface area (Å²) < 4.78 is 18.6. The van der Waals surface area contributed by atoms with Crippen molar-refractivity contribution in [2.24, 2.45) is 5.73 Å². The van der Waals surface area contributed by atoms with Gasteiger partial charge >= 0.3 is 0 Å². The van der Waals surface area contributed by atoms with Crippen LogP contribution in [0, 0.1) is 0 Å². The summed E-state index contributed by atoms with van der Waals surface area (Å²) in [6.07, 6.45) is 6.52. The number of halogens is 2. The zero-order valence-electron chi connectivity index (χ0n) is 54.6. The fourth-order valence-electron chi connectivity index (χ4n) is 12.7. The number of phenolic OH excluding ortho intramolecular Hbond substituents is 6. The Morgan fingerprint density at radius 2 is 1.02 bits per heavy atom. The first-order chi connectivity index (χ1) is 48.4. The largest absolute Gasteiger partial charge is 0.508 e. The second-order valence-corrected chi connectivity index (χ2v) is 25.9. The van der Waals surface area contributed by atoms with Crippen molar-refractivity contribution in [2.75, 3.05) is 13.6 Å². The number of amides is 7. The zero-order valence-corrected chi connectivity index (χ0v) is 56.1. The van der Waals surface area contributed by atoms with Crippen molar-refractivity contribution >= 4 is 64.6 Å². The summed E-state index contributed by atoms with van der Waals surface area (Å²) in [7, 11) is 1.23. The predicted octanol–water partition coefficient (Wildman–Crippen LogP) is 8.15. The van der Waals surface area contributed by atoms with Crippen LogP contribution in [0.2, 0.25) is 10.0 Å². The maximum absolute atomic E-state index is 16.2. The van der Waals surface area contributed by atoms with Gasteiger partial charge in [0.25, 0.3) is 0 Å². The lowest BCUT2D eigenvalue weighted by Crippen LogP contribution is -2.55. The van der Waals surface area contributed by atoms with E-state index in [9.17, 15) is 50.4 Å². The van der Waals surface area contributed by atoms with Gasteiger partial charge in [0.1, 0.15) is 94.7 Å². The third kappa shape index (κ3) is 15.4. The summed E-state index contributed by atoms with van der Waals surface area (Å²) >= 11 is 13.8. The van der Waals surface area contributed by atoms with E-state index in [0.717, 1.165) is 106 Å². The summed E-state index contributed by atoms with van der Waals surface area (Å²) in [4.78, 5) is 107.